The summed E-state index contributed by atoms with van der Waals surface area (Å²) in [5.74, 6) is -1.67. The van der Waals surface area contributed by atoms with E-state index in [9.17, 15) is 8.78 Å². The molecule has 1 unspecified atom stereocenters. The Balaban J connectivity index is 2.31. The minimum atomic E-state index is -0.837. The van der Waals surface area contributed by atoms with Gasteiger partial charge in [-0.3, -0.25) is 0 Å². The van der Waals surface area contributed by atoms with E-state index in [1.165, 1.54) is 6.07 Å². The van der Waals surface area contributed by atoms with Gasteiger partial charge in [0.05, 0.1) is 4.47 Å². The summed E-state index contributed by atoms with van der Waals surface area (Å²) in [5, 5.41) is 3.32. The van der Waals surface area contributed by atoms with E-state index in [2.05, 4.69) is 21.2 Å². The highest BCUT2D eigenvalue weighted by atomic mass is 79.9. The van der Waals surface area contributed by atoms with Crippen molar-refractivity contribution in [2.24, 2.45) is 0 Å². The summed E-state index contributed by atoms with van der Waals surface area (Å²) in [6.45, 7) is 2.74. The summed E-state index contributed by atoms with van der Waals surface area (Å²) in [5.41, 5.74) is 1.88. The predicted molar refractivity (Wildman–Crippen MR) is 80.6 cm³/mol. The lowest BCUT2D eigenvalue weighted by molar-refractivity contribution is 0.491. The van der Waals surface area contributed by atoms with Crippen molar-refractivity contribution in [3.05, 3.63) is 69.7 Å². The number of rotatable bonds is 5. The minimum absolute atomic E-state index is 0.0631. The average Bonchev–Trinajstić information content (AvgIpc) is 2.46. The van der Waals surface area contributed by atoms with Crippen LogP contribution >= 0.6 is 15.9 Å². The van der Waals surface area contributed by atoms with Crippen LogP contribution in [0.25, 0.3) is 0 Å². The van der Waals surface area contributed by atoms with E-state index in [1.54, 1.807) is 6.07 Å². The first-order valence-electron chi connectivity index (χ1n) is 6.54. The Morgan fingerprint density at radius 1 is 1.10 bits per heavy atom. The normalized spacial score (nSPS) is 12.4. The molecule has 0 aliphatic rings. The van der Waals surface area contributed by atoms with Crippen LogP contribution in [0.15, 0.2) is 46.9 Å². The molecule has 106 valence electrons. The third-order valence-corrected chi connectivity index (χ3v) is 3.98. The van der Waals surface area contributed by atoms with Gasteiger partial charge in [-0.25, -0.2) is 8.78 Å². The molecule has 2 aromatic rings. The smallest absolute Gasteiger partial charge is 0.173 e. The van der Waals surface area contributed by atoms with Crippen molar-refractivity contribution in [2.75, 3.05) is 6.54 Å². The van der Waals surface area contributed by atoms with Gasteiger partial charge in [0.25, 0.3) is 0 Å². The van der Waals surface area contributed by atoms with E-state index in [4.69, 9.17) is 0 Å². The van der Waals surface area contributed by atoms with E-state index in [1.807, 2.05) is 37.3 Å². The zero-order chi connectivity index (χ0) is 14.5. The van der Waals surface area contributed by atoms with Crippen molar-refractivity contribution in [2.45, 2.75) is 19.4 Å². The number of hydrogen-bond acceptors (Lipinski definition) is 1. The topological polar surface area (TPSA) is 12.0 Å². The lowest BCUT2D eigenvalue weighted by atomic mass is 9.98. The number of hydrogen-bond donors (Lipinski definition) is 1. The van der Waals surface area contributed by atoms with Gasteiger partial charge in [0.2, 0.25) is 0 Å². The molecule has 1 atom stereocenters. The van der Waals surface area contributed by atoms with Crippen molar-refractivity contribution in [3.63, 3.8) is 0 Å². The number of likely N-dealkylation sites (N-methyl/N-ethyl adjacent to an activating group) is 1. The van der Waals surface area contributed by atoms with E-state index in [0.717, 1.165) is 24.1 Å². The van der Waals surface area contributed by atoms with Crippen LogP contribution in [0.5, 0.6) is 0 Å². The maximum atomic E-state index is 13.7. The average molecular weight is 340 g/mol. The molecular formula is C16H16BrF2N. The van der Waals surface area contributed by atoms with Crippen LogP contribution in [0.4, 0.5) is 8.78 Å². The molecule has 2 aromatic carbocycles. The standard InChI is InChI=1S/C16H16BrF2N/c1-2-20-14(10-11-6-4-3-5-7-11)12-8-9-13(18)16(19)15(12)17/h3-9,14,20H,2,10H2,1H3. The second kappa shape index (κ2) is 6.95. The maximum absolute atomic E-state index is 13.7. The molecule has 0 saturated heterocycles. The summed E-state index contributed by atoms with van der Waals surface area (Å²) in [6, 6.07) is 12.7. The summed E-state index contributed by atoms with van der Waals surface area (Å²) in [7, 11) is 0. The Kier molecular flexibility index (Phi) is 5.26. The molecular weight excluding hydrogens is 324 g/mol. The van der Waals surface area contributed by atoms with Crippen LogP contribution in [0.3, 0.4) is 0 Å². The largest absolute Gasteiger partial charge is 0.310 e. The third kappa shape index (κ3) is 3.44. The first-order valence-corrected chi connectivity index (χ1v) is 7.33. The van der Waals surface area contributed by atoms with Crippen molar-refractivity contribution in [1.29, 1.82) is 0 Å². The Morgan fingerprint density at radius 3 is 2.45 bits per heavy atom. The van der Waals surface area contributed by atoms with E-state index in [0.29, 0.717) is 0 Å². The molecule has 0 spiro atoms. The fraction of sp³-hybridized carbons (Fsp3) is 0.250. The zero-order valence-corrected chi connectivity index (χ0v) is 12.8. The molecule has 0 aliphatic heterocycles. The van der Waals surface area contributed by atoms with Gasteiger partial charge in [0, 0.05) is 6.04 Å². The fourth-order valence-corrected chi connectivity index (χ4v) is 2.80. The van der Waals surface area contributed by atoms with Crippen LogP contribution in [0, 0.1) is 11.6 Å². The quantitative estimate of drug-likeness (QED) is 0.783. The van der Waals surface area contributed by atoms with Crippen molar-refractivity contribution in [3.8, 4) is 0 Å². The first-order chi connectivity index (χ1) is 9.63. The van der Waals surface area contributed by atoms with E-state index < -0.39 is 11.6 Å². The fourth-order valence-electron chi connectivity index (χ4n) is 2.20. The molecule has 0 fully saturated rings. The molecule has 0 heterocycles. The van der Waals surface area contributed by atoms with Gasteiger partial charge < -0.3 is 5.32 Å². The maximum Gasteiger partial charge on any atom is 0.173 e. The van der Waals surface area contributed by atoms with Gasteiger partial charge in [0.1, 0.15) is 0 Å². The van der Waals surface area contributed by atoms with Crippen molar-refractivity contribution >= 4 is 15.9 Å². The zero-order valence-electron chi connectivity index (χ0n) is 11.2. The van der Waals surface area contributed by atoms with Crippen LogP contribution in [-0.2, 0) is 6.42 Å². The Morgan fingerprint density at radius 2 is 1.80 bits per heavy atom. The van der Waals surface area contributed by atoms with E-state index in [-0.39, 0.29) is 10.5 Å². The lowest BCUT2D eigenvalue weighted by Crippen LogP contribution is -2.23. The van der Waals surface area contributed by atoms with Gasteiger partial charge in [-0.05, 0) is 46.1 Å². The molecule has 1 nitrogen and oxygen atoms in total. The third-order valence-electron chi connectivity index (χ3n) is 3.17. The number of benzene rings is 2. The molecule has 0 aliphatic carbocycles. The molecule has 2 rings (SSSR count). The highest BCUT2D eigenvalue weighted by molar-refractivity contribution is 9.10. The molecule has 1 N–H and O–H groups in total. The van der Waals surface area contributed by atoms with Crippen molar-refractivity contribution < 1.29 is 8.78 Å². The summed E-state index contributed by atoms with van der Waals surface area (Å²) < 4.78 is 27.1. The Labute approximate surface area is 126 Å². The van der Waals surface area contributed by atoms with Crippen LogP contribution in [0.1, 0.15) is 24.1 Å². The number of halogens is 3. The second-order valence-electron chi connectivity index (χ2n) is 4.56. The molecule has 0 radical (unpaired) electrons. The summed E-state index contributed by atoms with van der Waals surface area (Å²) >= 11 is 3.16. The minimum Gasteiger partial charge on any atom is -0.310 e. The molecule has 20 heavy (non-hydrogen) atoms. The van der Waals surface area contributed by atoms with Crippen molar-refractivity contribution in [1.82, 2.24) is 5.32 Å². The Bertz CT molecular complexity index is 572. The lowest BCUT2D eigenvalue weighted by Gasteiger charge is -2.20. The predicted octanol–water partition coefficient (Wildman–Crippen LogP) is 4.62. The van der Waals surface area contributed by atoms with Gasteiger partial charge in [-0.15, -0.1) is 0 Å². The van der Waals surface area contributed by atoms with Crippen LogP contribution in [0.2, 0.25) is 0 Å². The molecule has 0 bridgehead atoms. The summed E-state index contributed by atoms with van der Waals surface area (Å²) in [6.07, 6.45) is 0.721. The van der Waals surface area contributed by atoms with E-state index >= 15 is 0 Å². The van der Waals surface area contributed by atoms with Crippen LogP contribution in [-0.4, -0.2) is 6.54 Å². The molecule has 4 heteroatoms. The summed E-state index contributed by atoms with van der Waals surface area (Å²) in [4.78, 5) is 0. The number of nitrogens with one attached hydrogen (secondary N) is 1. The molecule has 0 aromatic heterocycles. The van der Waals surface area contributed by atoms with Crippen LogP contribution < -0.4 is 5.32 Å². The first kappa shape index (κ1) is 15.1. The SMILES string of the molecule is CCNC(Cc1ccccc1)c1ccc(F)c(F)c1Br. The van der Waals surface area contributed by atoms with Gasteiger partial charge in [-0.1, -0.05) is 43.3 Å². The Hall–Kier alpha value is -1.26. The monoisotopic (exact) mass is 339 g/mol. The highest BCUT2D eigenvalue weighted by Gasteiger charge is 2.18. The highest BCUT2D eigenvalue weighted by Crippen LogP contribution is 2.29. The molecule has 0 saturated carbocycles. The molecule has 0 amide bonds. The van der Waals surface area contributed by atoms with Gasteiger partial charge >= 0.3 is 0 Å². The van der Waals surface area contributed by atoms with Gasteiger partial charge in [-0.2, -0.15) is 0 Å². The van der Waals surface area contributed by atoms with Gasteiger partial charge in [0.15, 0.2) is 11.6 Å². The second-order valence-corrected chi connectivity index (χ2v) is 5.36.